The number of nitrogens with one attached hydrogen (secondary N) is 2. The highest BCUT2D eigenvalue weighted by atomic mass is 16.4. The van der Waals surface area contributed by atoms with Crippen molar-refractivity contribution in [3.63, 3.8) is 0 Å². The van der Waals surface area contributed by atoms with E-state index >= 15 is 0 Å². The molecule has 12 nitrogen and oxygen atoms in total. The van der Waals surface area contributed by atoms with E-state index in [0.717, 1.165) is 83.1 Å². The highest BCUT2D eigenvalue weighted by molar-refractivity contribution is 5.87. The van der Waals surface area contributed by atoms with Crippen LogP contribution >= 0.6 is 0 Å². The zero-order valence-electron chi connectivity index (χ0n) is 30.4. The minimum absolute atomic E-state index is 0.0143. The molecular weight excluding hydrogens is 669 g/mol. The molecule has 3 atom stereocenters. The summed E-state index contributed by atoms with van der Waals surface area (Å²) in [6.45, 7) is 2.04. The largest absolute Gasteiger partial charge is 0.465 e. The second kappa shape index (κ2) is 15.5. The van der Waals surface area contributed by atoms with Crippen molar-refractivity contribution in [2.75, 3.05) is 40.8 Å². The van der Waals surface area contributed by atoms with Crippen molar-refractivity contribution in [2.24, 2.45) is 0 Å². The Bertz CT molecular complexity index is 2040. The van der Waals surface area contributed by atoms with Crippen LogP contribution in [0, 0.1) is 0 Å². The predicted octanol–water partition coefficient (Wildman–Crippen LogP) is 6.76. The van der Waals surface area contributed by atoms with Gasteiger partial charge in [-0.2, -0.15) is 0 Å². The van der Waals surface area contributed by atoms with Crippen molar-refractivity contribution in [2.45, 2.75) is 50.2 Å². The van der Waals surface area contributed by atoms with Crippen LogP contribution in [0.5, 0.6) is 0 Å². The fourth-order valence-electron chi connectivity index (χ4n) is 7.55. The molecule has 274 valence electrons. The molecular formula is C41H46N8O4. The lowest BCUT2D eigenvalue weighted by molar-refractivity contribution is -0.137. The van der Waals surface area contributed by atoms with Gasteiger partial charge in [-0.25, -0.2) is 14.8 Å². The van der Waals surface area contributed by atoms with Crippen LogP contribution in [0.2, 0.25) is 0 Å². The first kappa shape index (κ1) is 35.6. The van der Waals surface area contributed by atoms with Gasteiger partial charge in [-0.3, -0.25) is 14.5 Å². The van der Waals surface area contributed by atoms with E-state index in [2.05, 4.69) is 68.5 Å². The fourth-order valence-corrected chi connectivity index (χ4v) is 7.55. The molecule has 3 aromatic carbocycles. The van der Waals surface area contributed by atoms with Crippen molar-refractivity contribution in [3.05, 3.63) is 108 Å². The molecule has 2 fully saturated rings. The van der Waals surface area contributed by atoms with Crippen molar-refractivity contribution >= 4 is 17.9 Å². The highest BCUT2D eigenvalue weighted by Gasteiger charge is 2.39. The monoisotopic (exact) mass is 714 g/mol. The standard InChI is InChI=1S/C41H46N8O4/c1-46(2)24-21-36(50)48-22-7-11-34(48)38-42-25-32(44-38)29-17-13-27(14-18-29)28-15-19-30(20-16-28)33-26-43-39(45-33)35-12-8-23-49(35)40(51)37(47(3)41(52)53)31-9-5-4-6-10-31/h4-6,9-10,13-20,25-26,34-35,37H,7-8,11-12,21-24H2,1-3H3,(H,42,44)(H,43,45)(H,52,53)/t34-,35-,37+/m0/s1. The van der Waals surface area contributed by atoms with Crippen molar-refractivity contribution in [1.29, 1.82) is 0 Å². The quantitative estimate of drug-likeness (QED) is 0.137. The summed E-state index contributed by atoms with van der Waals surface area (Å²) in [4.78, 5) is 61.9. The number of carbonyl (C=O) groups excluding carboxylic acids is 2. The number of nitrogens with zero attached hydrogens (tertiary/aromatic N) is 6. The second-order valence-electron chi connectivity index (χ2n) is 14.2. The number of hydrogen-bond donors (Lipinski definition) is 3. The first-order chi connectivity index (χ1) is 25.7. The molecule has 12 heteroatoms. The number of aromatic amines is 2. The molecule has 53 heavy (non-hydrogen) atoms. The summed E-state index contributed by atoms with van der Waals surface area (Å²) < 4.78 is 0. The van der Waals surface area contributed by atoms with Gasteiger partial charge in [-0.1, -0.05) is 78.9 Å². The number of carboxylic acid groups (broad SMARTS) is 1. The molecule has 3 amide bonds. The Morgan fingerprint density at radius 3 is 1.74 bits per heavy atom. The SMILES string of the molecule is CN(C)CCC(=O)N1CCC[C@H]1c1ncc(-c2ccc(-c3ccc(-c4cnc([C@@H]5CCCN5C(=O)[C@@H](c5ccccc5)N(C)C(=O)O)[nH]4)cc3)cc2)[nH]1. The molecule has 5 aromatic rings. The number of aromatic nitrogens is 4. The number of imidazole rings is 2. The summed E-state index contributed by atoms with van der Waals surface area (Å²) in [7, 11) is 5.40. The smallest absolute Gasteiger partial charge is 0.407 e. The lowest BCUT2D eigenvalue weighted by Gasteiger charge is -2.32. The number of hydrogen-bond acceptors (Lipinski definition) is 6. The molecule has 0 bridgehead atoms. The van der Waals surface area contributed by atoms with Crippen LogP contribution in [0.4, 0.5) is 4.79 Å². The molecule has 0 spiro atoms. The Morgan fingerprint density at radius 2 is 1.23 bits per heavy atom. The lowest BCUT2D eigenvalue weighted by atomic mass is 10.0. The van der Waals surface area contributed by atoms with Gasteiger partial charge in [0, 0.05) is 33.1 Å². The predicted molar refractivity (Wildman–Crippen MR) is 203 cm³/mol. The molecule has 7 rings (SSSR count). The Morgan fingerprint density at radius 1 is 0.736 bits per heavy atom. The first-order valence-electron chi connectivity index (χ1n) is 18.2. The minimum Gasteiger partial charge on any atom is -0.465 e. The van der Waals surface area contributed by atoms with Gasteiger partial charge in [-0.15, -0.1) is 0 Å². The Kier molecular flexibility index (Phi) is 10.4. The lowest BCUT2D eigenvalue weighted by Crippen LogP contribution is -2.43. The number of benzene rings is 3. The summed E-state index contributed by atoms with van der Waals surface area (Å²) in [6.07, 6.45) is 6.43. The van der Waals surface area contributed by atoms with Crippen molar-refractivity contribution < 1.29 is 19.5 Å². The maximum Gasteiger partial charge on any atom is 0.407 e. The number of carbonyl (C=O) groups is 3. The fraction of sp³-hybridized carbons (Fsp3) is 0.341. The normalized spacial score (nSPS) is 17.7. The Labute approximate surface area is 309 Å². The molecule has 4 heterocycles. The van der Waals surface area contributed by atoms with Gasteiger partial charge in [0.05, 0.1) is 35.9 Å². The van der Waals surface area contributed by atoms with Crippen LogP contribution in [0.15, 0.2) is 91.3 Å². The third-order valence-corrected chi connectivity index (χ3v) is 10.5. The van der Waals surface area contributed by atoms with Gasteiger partial charge in [0.15, 0.2) is 0 Å². The van der Waals surface area contributed by atoms with Crippen molar-refractivity contribution in [3.8, 4) is 33.6 Å². The molecule has 2 aromatic heterocycles. The van der Waals surface area contributed by atoms with E-state index in [1.165, 1.54) is 7.05 Å². The van der Waals surface area contributed by atoms with Crippen LogP contribution in [-0.4, -0.2) is 103 Å². The summed E-state index contributed by atoms with van der Waals surface area (Å²) in [5, 5.41) is 9.77. The van der Waals surface area contributed by atoms with E-state index in [9.17, 15) is 19.5 Å². The third kappa shape index (κ3) is 7.59. The summed E-state index contributed by atoms with van der Waals surface area (Å²) in [6, 6.07) is 24.4. The Balaban J connectivity index is 1.01. The number of H-pyrrole nitrogens is 2. The average Bonchev–Trinajstić information content (AvgIpc) is 4.01. The third-order valence-electron chi connectivity index (χ3n) is 10.5. The van der Waals surface area contributed by atoms with Gasteiger partial charge < -0.3 is 29.8 Å². The topological polar surface area (TPSA) is 142 Å². The van der Waals surface area contributed by atoms with Crippen molar-refractivity contribution in [1.82, 2.24) is 39.5 Å². The molecule has 2 saturated heterocycles. The summed E-state index contributed by atoms with van der Waals surface area (Å²) in [5.74, 6) is 1.45. The van der Waals surface area contributed by atoms with Gasteiger partial charge in [-0.05, 0) is 67.6 Å². The van der Waals surface area contributed by atoms with Gasteiger partial charge >= 0.3 is 6.09 Å². The van der Waals surface area contributed by atoms with E-state index in [4.69, 9.17) is 0 Å². The molecule has 3 N–H and O–H groups in total. The zero-order valence-corrected chi connectivity index (χ0v) is 30.4. The average molecular weight is 715 g/mol. The molecule has 2 aliphatic heterocycles. The van der Waals surface area contributed by atoms with Crippen LogP contribution in [0.3, 0.4) is 0 Å². The number of likely N-dealkylation sites (N-methyl/N-ethyl adjacent to an activating group) is 1. The molecule has 0 radical (unpaired) electrons. The van der Waals surface area contributed by atoms with Crippen LogP contribution in [0.25, 0.3) is 33.6 Å². The second-order valence-corrected chi connectivity index (χ2v) is 14.2. The van der Waals surface area contributed by atoms with Crippen LogP contribution in [-0.2, 0) is 9.59 Å². The van der Waals surface area contributed by atoms with Crippen LogP contribution < -0.4 is 0 Å². The summed E-state index contributed by atoms with van der Waals surface area (Å²) >= 11 is 0. The van der Waals surface area contributed by atoms with Gasteiger partial charge in [0.1, 0.15) is 17.7 Å². The molecule has 0 unspecified atom stereocenters. The van der Waals surface area contributed by atoms with E-state index in [1.807, 2.05) is 48.3 Å². The number of rotatable bonds is 11. The van der Waals surface area contributed by atoms with E-state index in [0.29, 0.717) is 24.4 Å². The van der Waals surface area contributed by atoms with E-state index in [-0.39, 0.29) is 23.9 Å². The maximum absolute atomic E-state index is 13.9. The van der Waals surface area contributed by atoms with Gasteiger partial charge in [0.25, 0.3) is 5.91 Å². The summed E-state index contributed by atoms with van der Waals surface area (Å²) in [5.41, 5.74) is 6.56. The zero-order chi connectivity index (χ0) is 37.1. The Hall–Kier alpha value is -5.75. The van der Waals surface area contributed by atoms with Crippen LogP contribution in [0.1, 0.15) is 67.4 Å². The number of likely N-dealkylation sites (tertiary alicyclic amines) is 2. The highest BCUT2D eigenvalue weighted by Crippen LogP contribution is 2.36. The number of amides is 3. The molecule has 2 aliphatic rings. The molecule has 0 aliphatic carbocycles. The first-order valence-corrected chi connectivity index (χ1v) is 18.2. The minimum atomic E-state index is -1.16. The molecule has 0 saturated carbocycles. The van der Waals surface area contributed by atoms with Gasteiger partial charge in [0.2, 0.25) is 5.91 Å². The maximum atomic E-state index is 13.9. The van der Waals surface area contributed by atoms with E-state index < -0.39 is 12.1 Å². The van der Waals surface area contributed by atoms with E-state index in [1.54, 1.807) is 23.2 Å².